The van der Waals surface area contributed by atoms with Crippen molar-refractivity contribution in [2.45, 2.75) is 66.0 Å². The maximum atomic E-state index is 12.1. The first-order valence-corrected chi connectivity index (χ1v) is 7.15. The lowest BCUT2D eigenvalue weighted by Crippen LogP contribution is -2.41. The van der Waals surface area contributed by atoms with Crippen molar-refractivity contribution in [3.05, 3.63) is 27.4 Å². The Morgan fingerprint density at radius 3 is 2.63 bits per heavy atom. The summed E-state index contributed by atoms with van der Waals surface area (Å²) >= 11 is 0. The highest BCUT2D eigenvalue weighted by Gasteiger charge is 2.35. The molecule has 2 rings (SSSR count). The molecule has 1 heterocycles. The van der Waals surface area contributed by atoms with Gasteiger partial charge in [-0.3, -0.25) is 4.79 Å². The van der Waals surface area contributed by atoms with Gasteiger partial charge in [-0.15, -0.1) is 0 Å². The molecular weight excluding hydrogens is 238 g/mol. The van der Waals surface area contributed by atoms with Crippen molar-refractivity contribution in [3.8, 4) is 0 Å². The lowest BCUT2D eigenvalue weighted by atomic mass is 9.86. The number of H-pyrrole nitrogens is 1. The van der Waals surface area contributed by atoms with Gasteiger partial charge in [-0.25, -0.2) is 4.98 Å². The van der Waals surface area contributed by atoms with Crippen LogP contribution in [0.5, 0.6) is 0 Å². The van der Waals surface area contributed by atoms with Crippen LogP contribution in [0.2, 0.25) is 0 Å². The van der Waals surface area contributed by atoms with E-state index in [9.17, 15) is 4.79 Å². The number of aromatic nitrogens is 2. The van der Waals surface area contributed by atoms with Gasteiger partial charge in [-0.05, 0) is 39.0 Å². The molecule has 1 fully saturated rings. The number of aromatic amines is 1. The van der Waals surface area contributed by atoms with Gasteiger partial charge in [-0.2, -0.15) is 0 Å². The number of nitrogens with one attached hydrogen (secondary N) is 2. The minimum Gasteiger partial charge on any atom is -0.310 e. The number of aryl methyl sites for hydroxylation is 2. The normalized spacial score (nSPS) is 23.5. The van der Waals surface area contributed by atoms with E-state index < -0.39 is 0 Å². The van der Waals surface area contributed by atoms with E-state index in [2.05, 4.69) is 36.1 Å². The molecule has 2 unspecified atom stereocenters. The van der Waals surface area contributed by atoms with E-state index in [-0.39, 0.29) is 11.6 Å². The lowest BCUT2D eigenvalue weighted by molar-refractivity contribution is 0.265. The van der Waals surface area contributed by atoms with Crippen molar-refractivity contribution < 1.29 is 0 Å². The first kappa shape index (κ1) is 14.3. The summed E-state index contributed by atoms with van der Waals surface area (Å²) in [6.07, 6.45) is 3.70. The molecular formula is C15H25N3O. The first-order chi connectivity index (χ1) is 8.81. The summed E-state index contributed by atoms with van der Waals surface area (Å²) in [6.45, 7) is 10.4. The fraction of sp³-hybridized carbons (Fsp3) is 0.733. The van der Waals surface area contributed by atoms with Gasteiger partial charge in [0.05, 0.1) is 5.56 Å². The van der Waals surface area contributed by atoms with Crippen molar-refractivity contribution in [3.63, 3.8) is 0 Å². The van der Waals surface area contributed by atoms with Crippen LogP contribution in [0.25, 0.3) is 0 Å². The largest absolute Gasteiger partial charge is 0.310 e. The van der Waals surface area contributed by atoms with Gasteiger partial charge in [0.15, 0.2) is 0 Å². The molecule has 0 spiro atoms. The molecule has 1 saturated carbocycles. The number of hydrogen-bond acceptors (Lipinski definition) is 3. The minimum atomic E-state index is -0.0131. The molecule has 4 heteroatoms. The van der Waals surface area contributed by atoms with Gasteiger partial charge in [-0.1, -0.05) is 20.3 Å². The Kier molecular flexibility index (Phi) is 3.81. The molecule has 106 valence electrons. The summed E-state index contributed by atoms with van der Waals surface area (Å²) in [6, 6.07) is 0.516. The molecule has 1 aromatic heterocycles. The molecule has 0 amide bonds. The minimum absolute atomic E-state index is 0.0131. The molecule has 1 aliphatic carbocycles. The maximum Gasteiger partial charge on any atom is 0.255 e. The first-order valence-electron chi connectivity index (χ1n) is 7.15. The Labute approximate surface area is 115 Å². The smallest absolute Gasteiger partial charge is 0.255 e. The van der Waals surface area contributed by atoms with Gasteiger partial charge in [0, 0.05) is 17.8 Å². The van der Waals surface area contributed by atoms with Crippen LogP contribution in [0.15, 0.2) is 4.79 Å². The molecule has 0 bridgehead atoms. The Balaban J connectivity index is 2.21. The predicted molar refractivity (Wildman–Crippen MR) is 77.3 cm³/mol. The third kappa shape index (κ3) is 2.89. The highest BCUT2D eigenvalue weighted by Crippen LogP contribution is 2.38. The monoisotopic (exact) mass is 263 g/mol. The van der Waals surface area contributed by atoms with E-state index in [0.717, 1.165) is 11.3 Å². The molecule has 2 atom stereocenters. The van der Waals surface area contributed by atoms with E-state index >= 15 is 0 Å². The predicted octanol–water partition coefficient (Wildman–Crippen LogP) is 2.62. The highest BCUT2D eigenvalue weighted by atomic mass is 16.1. The van der Waals surface area contributed by atoms with Gasteiger partial charge in [0.1, 0.15) is 5.82 Å². The zero-order chi connectivity index (χ0) is 14.2. The summed E-state index contributed by atoms with van der Waals surface area (Å²) in [5.41, 5.74) is 1.90. The summed E-state index contributed by atoms with van der Waals surface area (Å²) in [5, 5.41) is 3.63. The van der Waals surface area contributed by atoms with Crippen molar-refractivity contribution in [2.75, 3.05) is 0 Å². The third-order valence-electron chi connectivity index (χ3n) is 4.41. The average Bonchev–Trinajstić information content (AvgIpc) is 2.56. The number of nitrogens with zero attached hydrogens (tertiary/aromatic N) is 1. The fourth-order valence-corrected chi connectivity index (χ4v) is 3.27. The second-order valence-corrected chi connectivity index (χ2v) is 6.47. The van der Waals surface area contributed by atoms with Crippen LogP contribution in [-0.2, 0) is 0 Å². The quantitative estimate of drug-likeness (QED) is 0.881. The fourth-order valence-electron chi connectivity index (χ4n) is 3.27. The third-order valence-corrected chi connectivity index (χ3v) is 4.41. The zero-order valence-corrected chi connectivity index (χ0v) is 12.6. The van der Waals surface area contributed by atoms with Crippen LogP contribution in [0.4, 0.5) is 0 Å². The Bertz CT molecular complexity index is 519. The Morgan fingerprint density at radius 1 is 1.42 bits per heavy atom. The van der Waals surface area contributed by atoms with Gasteiger partial charge in [0.25, 0.3) is 5.56 Å². The van der Waals surface area contributed by atoms with Crippen LogP contribution < -0.4 is 10.9 Å². The van der Waals surface area contributed by atoms with E-state index in [1.54, 1.807) is 0 Å². The summed E-state index contributed by atoms with van der Waals surface area (Å²) in [4.78, 5) is 19.3. The highest BCUT2D eigenvalue weighted by molar-refractivity contribution is 5.20. The SMILES string of the molecule is Cc1nc(C)c(C(C)NC2CCCC2(C)C)c(=O)[nH]1. The molecule has 2 N–H and O–H groups in total. The van der Waals surface area contributed by atoms with E-state index in [1.165, 1.54) is 19.3 Å². The van der Waals surface area contributed by atoms with E-state index in [0.29, 0.717) is 17.3 Å². The maximum absolute atomic E-state index is 12.1. The van der Waals surface area contributed by atoms with Crippen LogP contribution in [-0.4, -0.2) is 16.0 Å². The standard InChI is InChI=1S/C15H25N3O/c1-9-13(14(19)18-11(3)16-9)10(2)17-12-7-6-8-15(12,4)5/h10,12,17H,6-8H2,1-5H3,(H,16,18,19). The van der Waals surface area contributed by atoms with Gasteiger partial charge < -0.3 is 10.3 Å². The summed E-state index contributed by atoms with van der Waals surface area (Å²) in [7, 11) is 0. The molecule has 0 aromatic carbocycles. The van der Waals surface area contributed by atoms with Crippen LogP contribution in [0.3, 0.4) is 0 Å². The Morgan fingerprint density at radius 2 is 2.11 bits per heavy atom. The molecule has 0 aliphatic heterocycles. The number of rotatable bonds is 3. The van der Waals surface area contributed by atoms with Crippen LogP contribution in [0.1, 0.15) is 63.2 Å². The number of hydrogen-bond donors (Lipinski definition) is 2. The second kappa shape index (κ2) is 5.08. The van der Waals surface area contributed by atoms with Crippen molar-refractivity contribution >= 4 is 0 Å². The molecule has 19 heavy (non-hydrogen) atoms. The molecule has 0 saturated heterocycles. The topological polar surface area (TPSA) is 57.8 Å². The molecule has 4 nitrogen and oxygen atoms in total. The zero-order valence-electron chi connectivity index (χ0n) is 12.6. The Hall–Kier alpha value is -1.16. The van der Waals surface area contributed by atoms with Gasteiger partial charge in [0.2, 0.25) is 0 Å². The summed E-state index contributed by atoms with van der Waals surface area (Å²) < 4.78 is 0. The molecule has 1 aromatic rings. The van der Waals surface area contributed by atoms with Crippen molar-refractivity contribution in [1.29, 1.82) is 0 Å². The van der Waals surface area contributed by atoms with Crippen molar-refractivity contribution in [1.82, 2.24) is 15.3 Å². The van der Waals surface area contributed by atoms with Crippen LogP contribution >= 0.6 is 0 Å². The van der Waals surface area contributed by atoms with Crippen LogP contribution in [0, 0.1) is 19.3 Å². The molecule has 1 aliphatic rings. The van der Waals surface area contributed by atoms with E-state index in [1.807, 2.05) is 13.8 Å². The second-order valence-electron chi connectivity index (χ2n) is 6.47. The van der Waals surface area contributed by atoms with Crippen molar-refractivity contribution in [2.24, 2.45) is 5.41 Å². The average molecular weight is 263 g/mol. The summed E-state index contributed by atoms with van der Waals surface area (Å²) in [5.74, 6) is 0.680. The lowest BCUT2D eigenvalue weighted by Gasteiger charge is -2.31. The van der Waals surface area contributed by atoms with Gasteiger partial charge >= 0.3 is 0 Å². The van der Waals surface area contributed by atoms with E-state index in [4.69, 9.17) is 0 Å². The molecule has 0 radical (unpaired) electrons.